The van der Waals surface area contributed by atoms with E-state index in [2.05, 4.69) is 25.0 Å². The summed E-state index contributed by atoms with van der Waals surface area (Å²) < 4.78 is 1.85. The minimum atomic E-state index is -0.640. The van der Waals surface area contributed by atoms with E-state index in [0.29, 0.717) is 12.3 Å². The van der Waals surface area contributed by atoms with Crippen LogP contribution in [0.25, 0.3) is 0 Å². The van der Waals surface area contributed by atoms with E-state index in [4.69, 9.17) is 0 Å². The maximum atomic E-state index is 11.7. The second-order valence-electron chi connectivity index (χ2n) is 6.05. The van der Waals surface area contributed by atoms with Gasteiger partial charge >= 0.3 is 5.97 Å². The van der Waals surface area contributed by atoms with Crippen LogP contribution in [0.4, 0.5) is 0 Å². The Morgan fingerprint density at radius 1 is 1.53 bits per heavy atom. The van der Waals surface area contributed by atoms with Crippen LogP contribution in [0.2, 0.25) is 0 Å². The van der Waals surface area contributed by atoms with Gasteiger partial charge in [0.15, 0.2) is 0 Å². The highest BCUT2D eigenvalue weighted by molar-refractivity contribution is 5.75. The van der Waals surface area contributed by atoms with Gasteiger partial charge in [-0.2, -0.15) is 5.10 Å². The molecule has 4 nitrogen and oxygen atoms in total. The van der Waals surface area contributed by atoms with Crippen LogP contribution in [0.5, 0.6) is 0 Å². The summed E-state index contributed by atoms with van der Waals surface area (Å²) in [6, 6.07) is 2.06. The third-order valence-corrected chi connectivity index (χ3v) is 4.59. The first kappa shape index (κ1) is 14.1. The molecular weight excluding hydrogens is 240 g/mol. The van der Waals surface area contributed by atoms with Gasteiger partial charge in [-0.3, -0.25) is 9.48 Å². The molecule has 0 aromatic carbocycles. The molecule has 1 N–H and O–H groups in total. The van der Waals surface area contributed by atoms with E-state index < -0.39 is 11.4 Å². The van der Waals surface area contributed by atoms with E-state index in [1.54, 1.807) is 0 Å². The van der Waals surface area contributed by atoms with Crippen LogP contribution in [-0.2, 0) is 24.7 Å². The standard InChI is InChI=1S/C15H24N2O2/c1-4-12-9-13(17(3)16-12)10-15(14(18)19)7-5-11(2)6-8-15/h9,11H,4-8,10H2,1-3H3,(H,18,19). The van der Waals surface area contributed by atoms with Crippen LogP contribution in [-0.4, -0.2) is 20.9 Å². The Bertz CT molecular complexity index is 457. The number of hydrogen-bond donors (Lipinski definition) is 1. The number of rotatable bonds is 4. The average molecular weight is 264 g/mol. The highest BCUT2D eigenvalue weighted by Gasteiger charge is 2.41. The SMILES string of the molecule is CCc1cc(CC2(C(=O)O)CCC(C)CC2)n(C)n1. The van der Waals surface area contributed by atoms with Crippen molar-refractivity contribution >= 4 is 5.97 Å². The molecule has 1 aliphatic rings. The predicted molar refractivity (Wildman–Crippen MR) is 74.0 cm³/mol. The molecule has 1 saturated carbocycles. The Balaban J connectivity index is 2.21. The van der Waals surface area contributed by atoms with Gasteiger partial charge in [-0.25, -0.2) is 0 Å². The van der Waals surface area contributed by atoms with Crippen LogP contribution in [0.1, 0.15) is 50.9 Å². The monoisotopic (exact) mass is 264 g/mol. The lowest BCUT2D eigenvalue weighted by Crippen LogP contribution is -2.37. The number of aryl methyl sites for hydroxylation is 2. The van der Waals surface area contributed by atoms with Gasteiger partial charge in [0.1, 0.15) is 0 Å². The van der Waals surface area contributed by atoms with Crippen molar-refractivity contribution in [3.63, 3.8) is 0 Å². The highest BCUT2D eigenvalue weighted by atomic mass is 16.4. The first-order chi connectivity index (χ1) is 8.97. The maximum absolute atomic E-state index is 11.7. The molecule has 1 fully saturated rings. The Morgan fingerprint density at radius 3 is 2.63 bits per heavy atom. The lowest BCUT2D eigenvalue weighted by atomic mass is 9.68. The lowest BCUT2D eigenvalue weighted by Gasteiger charge is -2.35. The largest absolute Gasteiger partial charge is 0.481 e. The summed E-state index contributed by atoms with van der Waals surface area (Å²) in [4.78, 5) is 11.7. The van der Waals surface area contributed by atoms with Crippen molar-refractivity contribution in [1.29, 1.82) is 0 Å². The van der Waals surface area contributed by atoms with Gasteiger partial charge in [0.25, 0.3) is 0 Å². The van der Waals surface area contributed by atoms with Crippen molar-refractivity contribution in [2.75, 3.05) is 0 Å². The van der Waals surface area contributed by atoms with Crippen LogP contribution in [0.15, 0.2) is 6.07 Å². The van der Waals surface area contributed by atoms with E-state index in [-0.39, 0.29) is 0 Å². The van der Waals surface area contributed by atoms with Crippen LogP contribution in [0.3, 0.4) is 0 Å². The molecule has 106 valence electrons. The Kier molecular flexibility index (Phi) is 3.97. The summed E-state index contributed by atoms with van der Waals surface area (Å²) in [5.74, 6) is 0.0175. The summed E-state index contributed by atoms with van der Waals surface area (Å²) >= 11 is 0. The van der Waals surface area contributed by atoms with E-state index in [1.165, 1.54) is 0 Å². The number of hydrogen-bond acceptors (Lipinski definition) is 2. The number of carbonyl (C=O) groups is 1. The molecule has 0 radical (unpaired) electrons. The van der Waals surface area contributed by atoms with Gasteiger partial charge in [-0.1, -0.05) is 13.8 Å². The fraction of sp³-hybridized carbons (Fsp3) is 0.733. The third kappa shape index (κ3) is 2.82. The molecule has 0 saturated heterocycles. The van der Waals surface area contributed by atoms with Gasteiger partial charge in [-0.05, 0) is 44.1 Å². The van der Waals surface area contributed by atoms with Crippen molar-refractivity contribution in [1.82, 2.24) is 9.78 Å². The van der Waals surface area contributed by atoms with Crippen LogP contribution < -0.4 is 0 Å². The summed E-state index contributed by atoms with van der Waals surface area (Å²) in [7, 11) is 1.91. The van der Waals surface area contributed by atoms with Gasteiger partial charge in [0.2, 0.25) is 0 Å². The van der Waals surface area contributed by atoms with Gasteiger partial charge in [0.05, 0.1) is 11.1 Å². The zero-order valence-corrected chi connectivity index (χ0v) is 12.1. The summed E-state index contributed by atoms with van der Waals surface area (Å²) in [6.07, 6.45) is 5.12. The van der Waals surface area contributed by atoms with E-state index >= 15 is 0 Å². The zero-order chi connectivity index (χ0) is 14.0. The third-order valence-electron chi connectivity index (χ3n) is 4.59. The molecule has 0 spiro atoms. The molecule has 2 rings (SSSR count). The number of aliphatic carboxylic acids is 1. The van der Waals surface area contributed by atoms with Gasteiger partial charge in [-0.15, -0.1) is 0 Å². The Morgan fingerprint density at radius 2 is 2.16 bits per heavy atom. The Labute approximate surface area is 114 Å². The fourth-order valence-corrected chi connectivity index (χ4v) is 3.04. The van der Waals surface area contributed by atoms with E-state index in [0.717, 1.165) is 43.5 Å². The zero-order valence-electron chi connectivity index (χ0n) is 12.1. The van der Waals surface area contributed by atoms with Crippen LogP contribution in [0, 0.1) is 11.3 Å². The maximum Gasteiger partial charge on any atom is 0.310 e. The van der Waals surface area contributed by atoms with Crippen molar-refractivity contribution in [3.8, 4) is 0 Å². The molecule has 1 aromatic rings. The van der Waals surface area contributed by atoms with Crippen molar-refractivity contribution < 1.29 is 9.90 Å². The molecular formula is C15H24N2O2. The summed E-state index contributed by atoms with van der Waals surface area (Å²) in [5, 5.41) is 14.1. The Hall–Kier alpha value is -1.32. The molecule has 4 heteroatoms. The summed E-state index contributed by atoms with van der Waals surface area (Å²) in [5.41, 5.74) is 1.52. The van der Waals surface area contributed by atoms with Crippen molar-refractivity contribution in [2.24, 2.45) is 18.4 Å². The minimum Gasteiger partial charge on any atom is -0.481 e. The molecule has 0 bridgehead atoms. The fourth-order valence-electron chi connectivity index (χ4n) is 3.04. The molecule has 1 heterocycles. The summed E-state index contributed by atoms with van der Waals surface area (Å²) in [6.45, 7) is 4.28. The minimum absolute atomic E-state index is 0.578. The molecule has 1 aliphatic carbocycles. The topological polar surface area (TPSA) is 55.1 Å². The number of aromatic nitrogens is 2. The molecule has 0 atom stereocenters. The quantitative estimate of drug-likeness (QED) is 0.909. The highest BCUT2D eigenvalue weighted by Crippen LogP contribution is 2.41. The molecule has 1 aromatic heterocycles. The van der Waals surface area contributed by atoms with E-state index in [9.17, 15) is 9.90 Å². The molecule has 0 unspecified atom stereocenters. The second kappa shape index (κ2) is 5.35. The second-order valence-corrected chi connectivity index (χ2v) is 6.05. The van der Waals surface area contributed by atoms with E-state index in [1.807, 2.05) is 11.7 Å². The predicted octanol–water partition coefficient (Wildman–Crippen LogP) is 2.81. The smallest absolute Gasteiger partial charge is 0.310 e. The normalized spacial score (nSPS) is 27.4. The van der Waals surface area contributed by atoms with Gasteiger partial charge < -0.3 is 5.11 Å². The molecule has 19 heavy (non-hydrogen) atoms. The number of carboxylic acids is 1. The lowest BCUT2D eigenvalue weighted by molar-refractivity contribution is -0.151. The molecule has 0 amide bonds. The number of nitrogens with zero attached hydrogens (tertiary/aromatic N) is 2. The first-order valence-corrected chi connectivity index (χ1v) is 7.22. The van der Waals surface area contributed by atoms with Gasteiger partial charge in [0, 0.05) is 19.2 Å². The van der Waals surface area contributed by atoms with Crippen LogP contribution >= 0.6 is 0 Å². The van der Waals surface area contributed by atoms with Crippen molar-refractivity contribution in [2.45, 2.75) is 52.4 Å². The first-order valence-electron chi connectivity index (χ1n) is 7.22. The number of carboxylic acid groups (broad SMARTS) is 1. The average Bonchev–Trinajstić information content (AvgIpc) is 2.73. The van der Waals surface area contributed by atoms with Crippen molar-refractivity contribution in [3.05, 3.63) is 17.5 Å². The molecule has 0 aliphatic heterocycles.